The molecular formula is C11H12Cl2O3. The number of hydrogen-bond acceptors (Lipinski definition) is 3. The number of hydrogen-bond donors (Lipinski definition) is 1. The van der Waals surface area contributed by atoms with Crippen LogP contribution in [0.5, 0.6) is 0 Å². The summed E-state index contributed by atoms with van der Waals surface area (Å²) in [6.45, 7) is 4.94. The molecule has 0 fully saturated rings. The smallest absolute Gasteiger partial charge is 0.203 e. The van der Waals surface area contributed by atoms with Crippen LogP contribution in [-0.4, -0.2) is 21.5 Å². The molecule has 1 rings (SSSR count). The van der Waals surface area contributed by atoms with Crippen molar-refractivity contribution in [2.75, 3.05) is 0 Å². The molecule has 16 heavy (non-hydrogen) atoms. The minimum atomic E-state index is -1.34. The van der Waals surface area contributed by atoms with Crippen molar-refractivity contribution < 1.29 is 14.7 Å². The molecule has 0 bridgehead atoms. The second-order valence-electron chi connectivity index (χ2n) is 4.27. The lowest BCUT2D eigenvalue weighted by Gasteiger charge is -2.26. The second-order valence-corrected chi connectivity index (χ2v) is 5.36. The van der Waals surface area contributed by atoms with Crippen LogP contribution in [0.15, 0.2) is 23.0 Å². The van der Waals surface area contributed by atoms with E-state index in [0.717, 1.165) is 0 Å². The van der Waals surface area contributed by atoms with Gasteiger partial charge in [-0.05, 0) is 26.3 Å². The van der Waals surface area contributed by atoms with Gasteiger partial charge in [0, 0.05) is 5.41 Å². The van der Waals surface area contributed by atoms with E-state index < -0.39 is 21.8 Å². The fourth-order valence-electron chi connectivity index (χ4n) is 1.64. The maximum atomic E-state index is 11.9. The SMILES string of the molecule is CC1=CC(C)(C)C(=O)C(C(=O)C(Cl)Cl)=C1O. The quantitative estimate of drug-likeness (QED) is 0.615. The molecule has 0 saturated carbocycles. The first-order valence-corrected chi connectivity index (χ1v) is 5.56. The van der Waals surface area contributed by atoms with Crippen LogP contribution >= 0.6 is 23.2 Å². The van der Waals surface area contributed by atoms with Gasteiger partial charge in [0.05, 0.1) is 0 Å². The normalized spacial score (nSPS) is 20.1. The van der Waals surface area contributed by atoms with Crippen LogP contribution in [0.2, 0.25) is 0 Å². The molecule has 3 nitrogen and oxygen atoms in total. The van der Waals surface area contributed by atoms with Crippen molar-refractivity contribution in [2.45, 2.75) is 25.6 Å². The molecule has 88 valence electrons. The summed E-state index contributed by atoms with van der Waals surface area (Å²) in [6.07, 6.45) is 1.61. The monoisotopic (exact) mass is 262 g/mol. The van der Waals surface area contributed by atoms with E-state index in [9.17, 15) is 14.7 Å². The first kappa shape index (κ1) is 13.3. The highest BCUT2D eigenvalue weighted by Crippen LogP contribution is 2.34. The highest BCUT2D eigenvalue weighted by Gasteiger charge is 2.39. The number of carbonyl (C=O) groups excluding carboxylic acids is 2. The van der Waals surface area contributed by atoms with Gasteiger partial charge in [-0.15, -0.1) is 0 Å². The van der Waals surface area contributed by atoms with Gasteiger partial charge in [0.15, 0.2) is 10.6 Å². The molecule has 0 aliphatic heterocycles. The van der Waals surface area contributed by atoms with Crippen LogP contribution in [0.1, 0.15) is 20.8 Å². The van der Waals surface area contributed by atoms with E-state index in [0.29, 0.717) is 5.57 Å². The maximum absolute atomic E-state index is 11.9. The Morgan fingerprint density at radius 2 is 1.94 bits per heavy atom. The Labute approximate surface area is 104 Å². The minimum Gasteiger partial charge on any atom is -0.507 e. The van der Waals surface area contributed by atoms with E-state index >= 15 is 0 Å². The topological polar surface area (TPSA) is 54.4 Å². The van der Waals surface area contributed by atoms with Gasteiger partial charge in [0.2, 0.25) is 5.78 Å². The van der Waals surface area contributed by atoms with Gasteiger partial charge < -0.3 is 5.11 Å². The molecule has 0 aromatic rings. The maximum Gasteiger partial charge on any atom is 0.203 e. The Morgan fingerprint density at radius 1 is 1.44 bits per heavy atom. The molecular weight excluding hydrogens is 251 g/mol. The molecule has 1 aliphatic rings. The van der Waals surface area contributed by atoms with Crippen LogP contribution in [0, 0.1) is 5.41 Å². The molecule has 0 saturated heterocycles. The van der Waals surface area contributed by atoms with E-state index in [1.165, 1.54) is 0 Å². The fourth-order valence-corrected chi connectivity index (χ4v) is 1.86. The highest BCUT2D eigenvalue weighted by molar-refractivity contribution is 6.57. The molecule has 0 aromatic carbocycles. The van der Waals surface area contributed by atoms with Gasteiger partial charge in [-0.3, -0.25) is 9.59 Å². The summed E-state index contributed by atoms with van der Waals surface area (Å²) in [5.41, 5.74) is -0.661. The number of aliphatic hydroxyl groups is 1. The zero-order valence-corrected chi connectivity index (χ0v) is 10.7. The molecule has 0 spiro atoms. The standard InChI is InChI=1S/C11H12Cl2O3/c1-5-4-11(2,3)9(16)6(7(5)14)8(15)10(12)13/h4,10,14H,1-3H3. The summed E-state index contributed by atoms with van der Waals surface area (Å²) >= 11 is 10.9. The summed E-state index contributed by atoms with van der Waals surface area (Å²) in [7, 11) is 0. The molecule has 0 amide bonds. The zero-order chi connectivity index (χ0) is 12.7. The molecule has 0 heterocycles. The van der Waals surface area contributed by atoms with Crippen molar-refractivity contribution >= 4 is 34.8 Å². The number of ketones is 2. The Bertz CT molecular complexity index is 417. The predicted octanol–water partition coefficient (Wildman–Crippen LogP) is 2.73. The first-order valence-electron chi connectivity index (χ1n) is 4.68. The van der Waals surface area contributed by atoms with E-state index in [4.69, 9.17) is 23.2 Å². The van der Waals surface area contributed by atoms with Gasteiger partial charge >= 0.3 is 0 Å². The lowest BCUT2D eigenvalue weighted by atomic mass is 9.76. The predicted molar refractivity (Wildman–Crippen MR) is 62.7 cm³/mol. The molecule has 1 aliphatic carbocycles. The van der Waals surface area contributed by atoms with Crippen LogP contribution in [0.4, 0.5) is 0 Å². The van der Waals surface area contributed by atoms with Crippen LogP contribution in [0.3, 0.4) is 0 Å². The van der Waals surface area contributed by atoms with Crippen molar-refractivity contribution in [1.29, 1.82) is 0 Å². The van der Waals surface area contributed by atoms with Gasteiger partial charge in [0.1, 0.15) is 11.3 Å². The van der Waals surface area contributed by atoms with Crippen molar-refractivity contribution in [1.82, 2.24) is 0 Å². The molecule has 0 aromatic heterocycles. The van der Waals surface area contributed by atoms with Crippen molar-refractivity contribution in [2.24, 2.45) is 5.41 Å². The third-order valence-electron chi connectivity index (χ3n) is 2.44. The number of rotatable bonds is 2. The van der Waals surface area contributed by atoms with E-state index in [2.05, 4.69) is 0 Å². The third-order valence-corrected chi connectivity index (χ3v) is 2.84. The fraction of sp³-hybridized carbons (Fsp3) is 0.455. The van der Waals surface area contributed by atoms with E-state index in [-0.39, 0.29) is 11.3 Å². The van der Waals surface area contributed by atoms with Crippen LogP contribution in [0.25, 0.3) is 0 Å². The molecule has 5 heteroatoms. The van der Waals surface area contributed by atoms with Crippen LogP contribution in [-0.2, 0) is 9.59 Å². The van der Waals surface area contributed by atoms with Crippen molar-refractivity contribution in [3.8, 4) is 0 Å². The first-order chi connectivity index (χ1) is 7.18. The molecule has 0 unspecified atom stereocenters. The largest absolute Gasteiger partial charge is 0.507 e. The average molecular weight is 263 g/mol. The second kappa shape index (κ2) is 4.22. The summed E-state index contributed by atoms with van der Waals surface area (Å²) in [5.74, 6) is -1.56. The molecule has 0 atom stereocenters. The molecule has 0 radical (unpaired) electrons. The Hall–Kier alpha value is -0.800. The molecule has 1 N–H and O–H groups in total. The van der Waals surface area contributed by atoms with E-state index in [1.54, 1.807) is 26.8 Å². The lowest BCUT2D eigenvalue weighted by Crippen LogP contribution is -2.33. The lowest BCUT2D eigenvalue weighted by molar-refractivity contribution is -0.125. The summed E-state index contributed by atoms with van der Waals surface area (Å²) in [6, 6.07) is 0. The summed E-state index contributed by atoms with van der Waals surface area (Å²) in [5, 5.41) is 9.71. The Morgan fingerprint density at radius 3 is 2.38 bits per heavy atom. The Balaban J connectivity index is 3.35. The summed E-state index contributed by atoms with van der Waals surface area (Å²) in [4.78, 5) is 22.2. The van der Waals surface area contributed by atoms with Crippen molar-refractivity contribution in [3.05, 3.63) is 23.0 Å². The summed E-state index contributed by atoms with van der Waals surface area (Å²) < 4.78 is 0. The number of aliphatic hydroxyl groups excluding tert-OH is 1. The van der Waals surface area contributed by atoms with Gasteiger partial charge in [-0.2, -0.15) is 0 Å². The Kier molecular flexibility index (Phi) is 3.50. The van der Waals surface area contributed by atoms with E-state index in [1.807, 2.05) is 0 Å². The minimum absolute atomic E-state index is 0.306. The third kappa shape index (κ3) is 2.15. The highest BCUT2D eigenvalue weighted by atomic mass is 35.5. The van der Waals surface area contributed by atoms with Gasteiger partial charge in [-0.1, -0.05) is 29.3 Å². The average Bonchev–Trinajstić information content (AvgIpc) is 2.14. The number of Topliss-reactive ketones (excluding diaryl/α,β-unsaturated/α-hetero) is 2. The van der Waals surface area contributed by atoms with Gasteiger partial charge in [0.25, 0.3) is 0 Å². The number of carbonyl (C=O) groups is 2. The van der Waals surface area contributed by atoms with Gasteiger partial charge in [-0.25, -0.2) is 0 Å². The number of allylic oxidation sites excluding steroid dienone is 3. The van der Waals surface area contributed by atoms with Crippen LogP contribution < -0.4 is 0 Å². The zero-order valence-electron chi connectivity index (χ0n) is 9.17. The van der Waals surface area contributed by atoms with Crippen molar-refractivity contribution in [3.63, 3.8) is 0 Å². The number of alkyl halides is 2. The number of halogens is 2.